The molecule has 2 aromatic rings. The molecule has 3 heteroatoms. The highest BCUT2D eigenvalue weighted by Gasteiger charge is 2.02. The summed E-state index contributed by atoms with van der Waals surface area (Å²) in [6, 6.07) is 9.07. The molecule has 2 rings (SSSR count). The van der Waals surface area contributed by atoms with Gasteiger partial charge in [-0.05, 0) is 60.0 Å². The summed E-state index contributed by atoms with van der Waals surface area (Å²) in [6.07, 6.45) is 5.63. The van der Waals surface area contributed by atoms with Crippen LogP contribution in [0.25, 0.3) is 10.9 Å². The molecule has 0 bridgehead atoms. The fourth-order valence-corrected chi connectivity index (χ4v) is 2.86. The van der Waals surface area contributed by atoms with Gasteiger partial charge >= 0.3 is 0 Å². The normalized spacial score (nSPS) is 11.6. The molecular formula is C17H26N2S. The maximum atomic E-state index is 3.50. The molecule has 20 heavy (non-hydrogen) atoms. The summed E-state index contributed by atoms with van der Waals surface area (Å²) >= 11 is 1.92. The van der Waals surface area contributed by atoms with E-state index in [2.05, 4.69) is 60.4 Å². The van der Waals surface area contributed by atoms with Crippen molar-refractivity contribution < 1.29 is 0 Å². The van der Waals surface area contributed by atoms with Crippen LogP contribution in [0.15, 0.2) is 30.5 Å². The highest BCUT2D eigenvalue weighted by molar-refractivity contribution is 7.98. The van der Waals surface area contributed by atoms with E-state index in [9.17, 15) is 0 Å². The van der Waals surface area contributed by atoms with E-state index in [-0.39, 0.29) is 0 Å². The molecular weight excluding hydrogens is 264 g/mol. The van der Waals surface area contributed by atoms with Gasteiger partial charge in [-0.25, -0.2) is 0 Å². The maximum absolute atomic E-state index is 3.50. The van der Waals surface area contributed by atoms with E-state index in [0.717, 1.165) is 19.6 Å². The van der Waals surface area contributed by atoms with Gasteiger partial charge in [0.2, 0.25) is 0 Å². The van der Waals surface area contributed by atoms with E-state index >= 15 is 0 Å². The molecule has 0 atom stereocenters. The van der Waals surface area contributed by atoms with Crippen molar-refractivity contribution in [1.82, 2.24) is 9.88 Å². The number of nitrogens with one attached hydrogen (secondary N) is 1. The lowest BCUT2D eigenvalue weighted by atomic mass is 10.1. The molecule has 0 spiro atoms. The van der Waals surface area contributed by atoms with Crippen LogP contribution in [-0.2, 0) is 13.1 Å². The number of benzene rings is 1. The zero-order chi connectivity index (χ0) is 14.4. The molecule has 1 N–H and O–H groups in total. The zero-order valence-corrected chi connectivity index (χ0v) is 13.7. The van der Waals surface area contributed by atoms with Crippen LogP contribution in [0.1, 0.15) is 25.8 Å². The summed E-state index contributed by atoms with van der Waals surface area (Å²) in [5, 5.41) is 4.86. The monoisotopic (exact) mass is 290 g/mol. The average Bonchev–Trinajstić information content (AvgIpc) is 2.81. The number of aromatic nitrogens is 1. The number of fused-ring (bicyclic) bond motifs is 1. The molecule has 0 amide bonds. The largest absolute Gasteiger partial charge is 0.347 e. The van der Waals surface area contributed by atoms with Crippen molar-refractivity contribution in [1.29, 1.82) is 0 Å². The molecule has 1 heterocycles. The van der Waals surface area contributed by atoms with Gasteiger partial charge in [0, 0.05) is 24.8 Å². The molecule has 110 valence electrons. The van der Waals surface area contributed by atoms with Crippen LogP contribution in [0.5, 0.6) is 0 Å². The van der Waals surface area contributed by atoms with Crippen LogP contribution in [0.3, 0.4) is 0 Å². The standard InChI is InChI=1S/C17H26N2S/c1-14(2)12-18-13-15-5-6-17-16(11-15)7-9-19(17)8-4-10-20-3/h5-7,9,11,14,18H,4,8,10,12-13H2,1-3H3. The Bertz CT molecular complexity index is 531. The van der Waals surface area contributed by atoms with Gasteiger partial charge in [-0.1, -0.05) is 19.9 Å². The van der Waals surface area contributed by atoms with Crippen molar-refractivity contribution in [3.8, 4) is 0 Å². The van der Waals surface area contributed by atoms with E-state index in [4.69, 9.17) is 0 Å². The predicted octanol–water partition coefficient (Wildman–Crippen LogP) is 4.14. The Hall–Kier alpha value is -0.930. The van der Waals surface area contributed by atoms with Gasteiger partial charge in [0.25, 0.3) is 0 Å². The van der Waals surface area contributed by atoms with Gasteiger partial charge in [0.1, 0.15) is 0 Å². The number of thioether (sulfide) groups is 1. The Kier molecular flexibility index (Phi) is 5.99. The Labute approximate surface area is 126 Å². The molecule has 0 unspecified atom stereocenters. The third kappa shape index (κ3) is 4.29. The van der Waals surface area contributed by atoms with Crippen LogP contribution in [0.2, 0.25) is 0 Å². The molecule has 0 saturated heterocycles. The highest BCUT2D eigenvalue weighted by Crippen LogP contribution is 2.18. The first-order chi connectivity index (χ1) is 9.70. The van der Waals surface area contributed by atoms with Crippen LogP contribution in [0, 0.1) is 5.92 Å². The fourth-order valence-electron chi connectivity index (χ4n) is 2.44. The first kappa shape index (κ1) is 15.5. The van der Waals surface area contributed by atoms with Crippen LogP contribution in [0.4, 0.5) is 0 Å². The number of nitrogens with zero attached hydrogens (tertiary/aromatic N) is 1. The molecule has 1 aromatic carbocycles. The molecule has 1 aromatic heterocycles. The van der Waals surface area contributed by atoms with Crippen LogP contribution in [-0.4, -0.2) is 23.1 Å². The zero-order valence-electron chi connectivity index (χ0n) is 12.9. The number of hydrogen-bond donors (Lipinski definition) is 1. The van der Waals surface area contributed by atoms with Gasteiger partial charge in [-0.3, -0.25) is 0 Å². The minimum absolute atomic E-state index is 0.705. The molecule has 0 aliphatic carbocycles. The smallest absolute Gasteiger partial charge is 0.0480 e. The molecule has 0 aliphatic heterocycles. The summed E-state index contributed by atoms with van der Waals surface area (Å²) in [7, 11) is 0. The second-order valence-corrected chi connectivity index (χ2v) is 6.76. The van der Waals surface area contributed by atoms with Crippen molar-refractivity contribution in [2.45, 2.75) is 33.4 Å². The summed E-state index contributed by atoms with van der Waals surface area (Å²) in [5.41, 5.74) is 2.73. The van der Waals surface area contributed by atoms with Crippen molar-refractivity contribution in [3.63, 3.8) is 0 Å². The third-order valence-electron chi connectivity index (χ3n) is 3.46. The van der Waals surface area contributed by atoms with Gasteiger partial charge in [0.15, 0.2) is 0 Å². The number of aryl methyl sites for hydroxylation is 1. The Morgan fingerprint density at radius 3 is 2.85 bits per heavy atom. The average molecular weight is 290 g/mol. The Morgan fingerprint density at radius 2 is 2.10 bits per heavy atom. The minimum atomic E-state index is 0.705. The van der Waals surface area contributed by atoms with Gasteiger partial charge < -0.3 is 9.88 Å². The van der Waals surface area contributed by atoms with E-state index in [1.807, 2.05) is 11.8 Å². The molecule has 0 fully saturated rings. The third-order valence-corrected chi connectivity index (χ3v) is 4.16. The highest BCUT2D eigenvalue weighted by atomic mass is 32.2. The summed E-state index contributed by atoms with van der Waals surface area (Å²) < 4.78 is 2.37. The van der Waals surface area contributed by atoms with Gasteiger partial charge in [-0.15, -0.1) is 0 Å². The first-order valence-corrected chi connectivity index (χ1v) is 8.87. The quantitative estimate of drug-likeness (QED) is 0.736. The van der Waals surface area contributed by atoms with E-state index in [0.29, 0.717) is 5.92 Å². The lowest BCUT2D eigenvalue weighted by Crippen LogP contribution is -2.18. The molecule has 0 aliphatic rings. The van der Waals surface area contributed by atoms with E-state index in [1.54, 1.807) is 0 Å². The van der Waals surface area contributed by atoms with Crippen LogP contribution < -0.4 is 5.32 Å². The Balaban J connectivity index is 2.00. The SMILES string of the molecule is CSCCCn1ccc2cc(CNCC(C)C)ccc21. The number of rotatable bonds is 8. The summed E-state index contributed by atoms with van der Waals surface area (Å²) in [6.45, 7) is 7.64. The minimum Gasteiger partial charge on any atom is -0.347 e. The van der Waals surface area contributed by atoms with E-state index < -0.39 is 0 Å². The lowest BCUT2D eigenvalue weighted by Gasteiger charge is -2.08. The lowest BCUT2D eigenvalue weighted by molar-refractivity contribution is 0.552. The molecule has 0 saturated carbocycles. The fraction of sp³-hybridized carbons (Fsp3) is 0.529. The second-order valence-electron chi connectivity index (χ2n) is 5.77. The summed E-state index contributed by atoms with van der Waals surface area (Å²) in [4.78, 5) is 0. The number of hydrogen-bond acceptors (Lipinski definition) is 2. The summed E-state index contributed by atoms with van der Waals surface area (Å²) in [5.74, 6) is 1.94. The molecule has 0 radical (unpaired) electrons. The predicted molar refractivity (Wildman–Crippen MR) is 91.5 cm³/mol. The van der Waals surface area contributed by atoms with Crippen molar-refractivity contribution >= 4 is 22.7 Å². The van der Waals surface area contributed by atoms with Gasteiger partial charge in [0.05, 0.1) is 0 Å². The molecule has 2 nitrogen and oxygen atoms in total. The van der Waals surface area contributed by atoms with Crippen molar-refractivity contribution in [3.05, 3.63) is 36.0 Å². The second kappa shape index (κ2) is 7.75. The topological polar surface area (TPSA) is 17.0 Å². The van der Waals surface area contributed by atoms with Crippen LogP contribution >= 0.6 is 11.8 Å². The Morgan fingerprint density at radius 1 is 1.25 bits per heavy atom. The maximum Gasteiger partial charge on any atom is 0.0480 e. The van der Waals surface area contributed by atoms with Crippen molar-refractivity contribution in [2.75, 3.05) is 18.6 Å². The van der Waals surface area contributed by atoms with Gasteiger partial charge in [-0.2, -0.15) is 11.8 Å². The van der Waals surface area contributed by atoms with E-state index in [1.165, 1.54) is 28.6 Å². The van der Waals surface area contributed by atoms with Crippen molar-refractivity contribution in [2.24, 2.45) is 5.92 Å². The first-order valence-electron chi connectivity index (χ1n) is 7.48.